The van der Waals surface area contributed by atoms with E-state index in [1.165, 1.54) is 21.0 Å². The Morgan fingerprint density at radius 2 is 1.85 bits per heavy atom. The van der Waals surface area contributed by atoms with Crippen LogP contribution in [0.1, 0.15) is 30.1 Å². The van der Waals surface area contributed by atoms with Crippen LogP contribution in [0, 0.1) is 0 Å². The highest BCUT2D eigenvalue weighted by Crippen LogP contribution is 2.26. The maximum absolute atomic E-state index is 12.8. The molecule has 1 saturated heterocycles. The van der Waals surface area contributed by atoms with Gasteiger partial charge in [-0.25, -0.2) is 4.79 Å². The second-order valence-corrected chi connectivity index (χ2v) is 9.17. The number of hydrogen-bond acceptors (Lipinski definition) is 4. The van der Waals surface area contributed by atoms with E-state index in [1.807, 2.05) is 30.5 Å². The van der Waals surface area contributed by atoms with Crippen molar-refractivity contribution in [2.45, 2.75) is 25.2 Å². The Labute approximate surface area is 197 Å². The molecule has 3 aromatic carbocycles. The van der Waals surface area contributed by atoms with Crippen LogP contribution in [0.15, 0.2) is 83.9 Å². The number of nitrogens with zero attached hydrogens (tertiary/aromatic N) is 4. The highest BCUT2D eigenvalue weighted by molar-refractivity contribution is 5.89. The number of nitrogens with one attached hydrogen (secondary N) is 1. The fourth-order valence-corrected chi connectivity index (χ4v) is 5.14. The average Bonchev–Trinajstić information content (AvgIpc) is 3.28. The molecule has 0 bridgehead atoms. The van der Waals surface area contributed by atoms with Crippen molar-refractivity contribution in [1.29, 1.82) is 0 Å². The molecule has 6 rings (SSSR count). The summed E-state index contributed by atoms with van der Waals surface area (Å²) < 4.78 is 1.51. The zero-order valence-electron chi connectivity index (χ0n) is 19.0. The van der Waals surface area contributed by atoms with Gasteiger partial charge < -0.3 is 4.90 Å². The van der Waals surface area contributed by atoms with E-state index in [0.717, 1.165) is 61.2 Å². The monoisotopic (exact) mass is 449 g/mol. The molecule has 2 aromatic heterocycles. The summed E-state index contributed by atoms with van der Waals surface area (Å²) in [6.07, 6.45) is 6.73. The zero-order chi connectivity index (χ0) is 22.9. The van der Waals surface area contributed by atoms with Gasteiger partial charge in [0.1, 0.15) is 5.82 Å². The Morgan fingerprint density at radius 3 is 2.79 bits per heavy atom. The Hall–Kier alpha value is -3.77. The topological polar surface area (TPSA) is 66.8 Å². The van der Waals surface area contributed by atoms with Crippen LogP contribution in [0.2, 0.25) is 0 Å². The Balaban J connectivity index is 1.19. The molecule has 5 aromatic rings. The van der Waals surface area contributed by atoms with Crippen LogP contribution in [0.25, 0.3) is 27.2 Å². The standard InChI is InChI=1S/C28H27N5O/c34-28-30-27(31-33(28)26-9-3-7-23-18-29-14-12-25(23)26)24-8-4-15-32(19-24)16-13-20-10-11-21-5-1-2-6-22(21)17-20/h1-3,5-7,9-12,14,17-18,24H,4,8,13,15-16,19H2,(H,30,31,34)/t24-/m0/s1. The smallest absolute Gasteiger partial charge is 0.302 e. The van der Waals surface area contributed by atoms with Crippen LogP contribution < -0.4 is 5.69 Å². The molecule has 0 radical (unpaired) electrons. The number of likely N-dealkylation sites (tertiary alicyclic amines) is 1. The molecule has 6 heteroatoms. The number of aromatic nitrogens is 4. The summed E-state index contributed by atoms with van der Waals surface area (Å²) in [5, 5.41) is 9.29. The number of benzene rings is 3. The minimum atomic E-state index is -0.187. The van der Waals surface area contributed by atoms with Crippen molar-refractivity contribution in [3.05, 3.63) is 101 Å². The summed E-state index contributed by atoms with van der Waals surface area (Å²) >= 11 is 0. The summed E-state index contributed by atoms with van der Waals surface area (Å²) in [5.41, 5.74) is 1.97. The molecule has 170 valence electrons. The van der Waals surface area contributed by atoms with E-state index in [4.69, 9.17) is 5.10 Å². The molecular formula is C28H27N5O. The Bertz CT molecular complexity index is 1510. The van der Waals surface area contributed by atoms with Gasteiger partial charge in [-0.3, -0.25) is 9.97 Å². The van der Waals surface area contributed by atoms with Gasteiger partial charge in [0.15, 0.2) is 0 Å². The fraction of sp³-hybridized carbons (Fsp3) is 0.250. The molecule has 1 fully saturated rings. The maximum atomic E-state index is 12.8. The van der Waals surface area contributed by atoms with E-state index in [-0.39, 0.29) is 11.6 Å². The number of H-pyrrole nitrogens is 1. The van der Waals surface area contributed by atoms with E-state index in [1.54, 1.807) is 6.20 Å². The SMILES string of the molecule is O=c1[nH]c([C@H]2CCCN(CCc3ccc4ccccc4c3)C2)nn1-c1cccc2cnccc12. The van der Waals surface area contributed by atoms with Crippen LogP contribution in [-0.4, -0.2) is 44.3 Å². The molecule has 0 saturated carbocycles. The molecule has 1 aliphatic heterocycles. The van der Waals surface area contributed by atoms with Gasteiger partial charge in [-0.2, -0.15) is 4.68 Å². The van der Waals surface area contributed by atoms with Crippen molar-refractivity contribution in [2.75, 3.05) is 19.6 Å². The van der Waals surface area contributed by atoms with Gasteiger partial charge in [-0.15, -0.1) is 5.10 Å². The summed E-state index contributed by atoms with van der Waals surface area (Å²) in [7, 11) is 0. The lowest BCUT2D eigenvalue weighted by Crippen LogP contribution is -2.36. The first-order chi connectivity index (χ1) is 16.7. The number of pyridine rings is 1. The first-order valence-electron chi connectivity index (χ1n) is 12.0. The van der Waals surface area contributed by atoms with Gasteiger partial charge in [0.05, 0.1) is 5.69 Å². The third kappa shape index (κ3) is 4.01. The molecule has 1 atom stereocenters. The predicted molar refractivity (Wildman–Crippen MR) is 136 cm³/mol. The Morgan fingerprint density at radius 1 is 0.971 bits per heavy atom. The Kier molecular flexibility index (Phi) is 5.43. The van der Waals surface area contributed by atoms with Gasteiger partial charge in [-0.1, -0.05) is 54.6 Å². The van der Waals surface area contributed by atoms with Crippen molar-refractivity contribution < 1.29 is 0 Å². The highest BCUT2D eigenvalue weighted by Gasteiger charge is 2.25. The summed E-state index contributed by atoms with van der Waals surface area (Å²) in [5.74, 6) is 1.02. The van der Waals surface area contributed by atoms with Gasteiger partial charge in [0.25, 0.3) is 0 Å². The third-order valence-corrected chi connectivity index (χ3v) is 6.94. The molecule has 0 spiro atoms. The van der Waals surface area contributed by atoms with Crippen LogP contribution in [-0.2, 0) is 6.42 Å². The highest BCUT2D eigenvalue weighted by atomic mass is 16.1. The van der Waals surface area contributed by atoms with Gasteiger partial charge in [0, 0.05) is 42.2 Å². The van der Waals surface area contributed by atoms with Gasteiger partial charge in [0.2, 0.25) is 0 Å². The van der Waals surface area contributed by atoms with Crippen molar-refractivity contribution >= 4 is 21.5 Å². The van der Waals surface area contributed by atoms with Crippen molar-refractivity contribution in [1.82, 2.24) is 24.6 Å². The number of rotatable bonds is 5. The van der Waals surface area contributed by atoms with Crippen molar-refractivity contribution in [3.8, 4) is 5.69 Å². The lowest BCUT2D eigenvalue weighted by molar-refractivity contribution is 0.206. The largest absolute Gasteiger partial charge is 0.348 e. The second-order valence-electron chi connectivity index (χ2n) is 9.17. The molecule has 0 amide bonds. The normalized spacial score (nSPS) is 16.9. The number of hydrogen-bond donors (Lipinski definition) is 1. The van der Waals surface area contributed by atoms with E-state index >= 15 is 0 Å². The molecule has 1 N–H and O–H groups in total. The average molecular weight is 450 g/mol. The molecule has 3 heterocycles. The van der Waals surface area contributed by atoms with Crippen LogP contribution in [0.4, 0.5) is 0 Å². The van der Waals surface area contributed by atoms with E-state index in [0.29, 0.717) is 0 Å². The molecule has 6 nitrogen and oxygen atoms in total. The minimum Gasteiger partial charge on any atom is -0.302 e. The number of piperidine rings is 1. The fourth-order valence-electron chi connectivity index (χ4n) is 5.14. The first kappa shape index (κ1) is 20.8. The first-order valence-corrected chi connectivity index (χ1v) is 12.0. The maximum Gasteiger partial charge on any atom is 0.348 e. The van der Waals surface area contributed by atoms with E-state index < -0.39 is 0 Å². The number of aromatic amines is 1. The van der Waals surface area contributed by atoms with Crippen LogP contribution >= 0.6 is 0 Å². The second kappa shape index (κ2) is 8.88. The van der Waals surface area contributed by atoms with E-state index in [2.05, 4.69) is 57.3 Å². The molecule has 34 heavy (non-hydrogen) atoms. The van der Waals surface area contributed by atoms with E-state index in [9.17, 15) is 4.79 Å². The lowest BCUT2D eigenvalue weighted by atomic mass is 9.97. The van der Waals surface area contributed by atoms with Crippen LogP contribution in [0.3, 0.4) is 0 Å². The molecule has 0 unspecified atom stereocenters. The summed E-state index contributed by atoms with van der Waals surface area (Å²) in [6, 6.07) is 23.1. The van der Waals surface area contributed by atoms with Crippen molar-refractivity contribution in [3.63, 3.8) is 0 Å². The quantitative estimate of drug-likeness (QED) is 0.423. The zero-order valence-corrected chi connectivity index (χ0v) is 19.0. The number of fused-ring (bicyclic) bond motifs is 2. The molecule has 0 aliphatic carbocycles. The summed E-state index contributed by atoms with van der Waals surface area (Å²) in [6.45, 7) is 3.02. The molecular weight excluding hydrogens is 422 g/mol. The lowest BCUT2D eigenvalue weighted by Gasteiger charge is -2.31. The minimum absolute atomic E-state index is 0.187. The predicted octanol–water partition coefficient (Wildman–Crippen LogP) is 4.68. The van der Waals surface area contributed by atoms with Gasteiger partial charge in [-0.05, 0) is 54.3 Å². The van der Waals surface area contributed by atoms with Gasteiger partial charge >= 0.3 is 5.69 Å². The van der Waals surface area contributed by atoms with Crippen molar-refractivity contribution in [2.24, 2.45) is 0 Å². The third-order valence-electron chi connectivity index (χ3n) is 6.94. The molecule has 1 aliphatic rings. The summed E-state index contributed by atoms with van der Waals surface area (Å²) in [4.78, 5) is 22.6. The van der Waals surface area contributed by atoms with Crippen LogP contribution in [0.5, 0.6) is 0 Å².